The van der Waals surface area contributed by atoms with Crippen LogP contribution in [0.3, 0.4) is 0 Å². The van der Waals surface area contributed by atoms with Gasteiger partial charge in [-0.25, -0.2) is 4.98 Å². The number of carboxylic acids is 1. The van der Waals surface area contributed by atoms with Crippen molar-refractivity contribution in [3.8, 4) is 11.3 Å². The minimum Gasteiger partial charge on any atom is -0.480 e. The van der Waals surface area contributed by atoms with Crippen molar-refractivity contribution < 1.29 is 14.7 Å². The van der Waals surface area contributed by atoms with Gasteiger partial charge in [0.05, 0.1) is 5.69 Å². The molecule has 1 N–H and O–H groups in total. The lowest BCUT2D eigenvalue weighted by Gasteiger charge is -2.22. The summed E-state index contributed by atoms with van der Waals surface area (Å²) < 4.78 is 0. The lowest BCUT2D eigenvalue weighted by Crippen LogP contribution is -2.31. The first kappa shape index (κ1) is 23.8. The molecule has 8 heteroatoms. The number of thiazole rings is 1. The van der Waals surface area contributed by atoms with Crippen molar-refractivity contribution in [2.45, 2.75) is 26.3 Å². The molecule has 0 unspecified atom stereocenters. The zero-order valence-corrected chi connectivity index (χ0v) is 19.7. The fourth-order valence-corrected chi connectivity index (χ4v) is 4.35. The maximum Gasteiger partial charge on any atom is 0.323 e. The van der Waals surface area contributed by atoms with Gasteiger partial charge in [0, 0.05) is 41.7 Å². The van der Waals surface area contributed by atoms with Gasteiger partial charge in [-0.3, -0.25) is 9.59 Å². The summed E-state index contributed by atoms with van der Waals surface area (Å²) in [4.78, 5) is 31.5. The number of carbonyl (C=O) groups is 2. The molecule has 1 amide bonds. The van der Waals surface area contributed by atoms with Crippen LogP contribution in [0.25, 0.3) is 11.3 Å². The first-order chi connectivity index (χ1) is 15.4. The average molecular weight is 472 g/mol. The number of nitrogens with zero attached hydrogens (tertiary/aromatic N) is 3. The fraction of sp³-hybridized carbons (Fsp3) is 0.292. The van der Waals surface area contributed by atoms with Crippen LogP contribution in [0.4, 0.5) is 5.13 Å². The zero-order valence-electron chi connectivity index (χ0n) is 18.1. The third-order valence-corrected chi connectivity index (χ3v) is 6.22. The van der Waals surface area contributed by atoms with E-state index in [4.69, 9.17) is 21.7 Å². The van der Waals surface area contributed by atoms with Gasteiger partial charge in [0.15, 0.2) is 5.13 Å². The molecular weight excluding hydrogens is 446 g/mol. The van der Waals surface area contributed by atoms with E-state index >= 15 is 0 Å². The molecule has 1 heterocycles. The summed E-state index contributed by atoms with van der Waals surface area (Å²) >= 11 is 7.93. The number of halogens is 1. The minimum atomic E-state index is -1.04. The first-order valence-corrected chi connectivity index (χ1v) is 11.7. The summed E-state index contributed by atoms with van der Waals surface area (Å²) in [6.07, 6.45) is 2.11. The molecule has 3 rings (SSSR count). The second-order valence-corrected chi connectivity index (χ2v) is 8.77. The number of aliphatic carboxylic acids is 1. The maximum absolute atomic E-state index is 12.4. The van der Waals surface area contributed by atoms with Gasteiger partial charge < -0.3 is 14.9 Å². The molecule has 0 radical (unpaired) electrons. The molecule has 0 spiro atoms. The minimum absolute atomic E-state index is 0.314. The van der Waals surface area contributed by atoms with Crippen molar-refractivity contribution in [3.63, 3.8) is 0 Å². The molecule has 0 saturated carbocycles. The Hall–Kier alpha value is -2.90. The normalized spacial score (nSPS) is 10.7. The Balaban J connectivity index is 1.76. The van der Waals surface area contributed by atoms with E-state index in [1.165, 1.54) is 11.9 Å². The Kier molecular flexibility index (Phi) is 8.25. The number of hydrogen-bond donors (Lipinski definition) is 1. The summed E-state index contributed by atoms with van der Waals surface area (Å²) in [5.41, 5.74) is 3.29. The Morgan fingerprint density at radius 3 is 2.50 bits per heavy atom. The summed E-state index contributed by atoms with van der Waals surface area (Å²) in [7, 11) is 1.48. The van der Waals surface area contributed by atoms with Crippen LogP contribution in [0, 0.1) is 0 Å². The molecule has 0 fully saturated rings. The van der Waals surface area contributed by atoms with Gasteiger partial charge in [0.2, 0.25) is 0 Å². The van der Waals surface area contributed by atoms with Crippen molar-refractivity contribution in [2.24, 2.45) is 0 Å². The van der Waals surface area contributed by atoms with Crippen LogP contribution in [0.1, 0.15) is 35.7 Å². The van der Waals surface area contributed by atoms with E-state index in [-0.39, 0.29) is 12.5 Å². The van der Waals surface area contributed by atoms with Gasteiger partial charge in [-0.1, -0.05) is 55.3 Å². The highest BCUT2D eigenvalue weighted by Gasteiger charge is 2.16. The maximum atomic E-state index is 12.4. The number of benzene rings is 2. The summed E-state index contributed by atoms with van der Waals surface area (Å²) in [5.74, 6) is -1.35. The number of likely N-dealkylation sites (N-methyl/N-ethyl adjacent to an activating group) is 1. The largest absolute Gasteiger partial charge is 0.480 e. The molecule has 0 aliphatic carbocycles. The molecule has 3 aromatic rings. The number of anilines is 1. The van der Waals surface area contributed by atoms with Gasteiger partial charge in [-0.15, -0.1) is 11.3 Å². The van der Waals surface area contributed by atoms with Crippen LogP contribution in [-0.2, 0) is 11.3 Å². The second kappa shape index (κ2) is 11.1. The van der Waals surface area contributed by atoms with E-state index in [0.717, 1.165) is 41.3 Å². The number of unbranched alkanes of at least 4 members (excludes halogenated alkanes) is 1. The zero-order chi connectivity index (χ0) is 23.1. The molecule has 1 aromatic heterocycles. The highest BCUT2D eigenvalue weighted by Crippen LogP contribution is 2.32. The average Bonchev–Trinajstić information content (AvgIpc) is 3.26. The molecule has 32 heavy (non-hydrogen) atoms. The molecule has 6 nitrogen and oxygen atoms in total. The fourth-order valence-electron chi connectivity index (χ4n) is 3.26. The van der Waals surface area contributed by atoms with Crippen LogP contribution in [0.15, 0.2) is 53.9 Å². The van der Waals surface area contributed by atoms with E-state index < -0.39 is 5.97 Å². The Morgan fingerprint density at radius 2 is 1.84 bits per heavy atom. The lowest BCUT2D eigenvalue weighted by atomic mass is 10.1. The molecule has 168 valence electrons. The van der Waals surface area contributed by atoms with Crippen molar-refractivity contribution in [1.82, 2.24) is 9.88 Å². The second-order valence-electron chi connectivity index (χ2n) is 7.52. The molecule has 0 saturated heterocycles. The van der Waals surface area contributed by atoms with E-state index in [0.29, 0.717) is 17.1 Å². The first-order valence-electron chi connectivity index (χ1n) is 10.4. The standard InChI is InChI=1S/C24H26ClN3O3S/c1-3-4-13-28(24-26-21(16-32-24)19-7-5-6-8-20(19)25)14-17-9-11-18(12-10-17)23(31)27(2)15-22(29)30/h5-12,16H,3-4,13-15H2,1-2H3,(H,29,30). The molecular formula is C24H26ClN3O3S. The van der Waals surface area contributed by atoms with Gasteiger partial charge >= 0.3 is 5.97 Å². The summed E-state index contributed by atoms with van der Waals surface area (Å²) in [6, 6.07) is 15.0. The SMILES string of the molecule is CCCCN(Cc1ccc(C(=O)N(C)CC(=O)O)cc1)c1nc(-c2ccccc2Cl)cs1. The van der Waals surface area contributed by atoms with Crippen molar-refractivity contribution in [1.29, 1.82) is 0 Å². The summed E-state index contributed by atoms with van der Waals surface area (Å²) in [5, 5.41) is 12.5. The summed E-state index contributed by atoms with van der Waals surface area (Å²) in [6.45, 7) is 3.36. The van der Waals surface area contributed by atoms with Crippen LogP contribution >= 0.6 is 22.9 Å². The van der Waals surface area contributed by atoms with E-state index in [1.54, 1.807) is 23.5 Å². The van der Waals surface area contributed by atoms with Crippen molar-refractivity contribution >= 4 is 39.9 Å². The molecule has 0 atom stereocenters. The predicted molar refractivity (Wildman–Crippen MR) is 130 cm³/mol. The van der Waals surface area contributed by atoms with Crippen LogP contribution < -0.4 is 4.90 Å². The van der Waals surface area contributed by atoms with Crippen LogP contribution in [0.5, 0.6) is 0 Å². The van der Waals surface area contributed by atoms with Gasteiger partial charge in [0.25, 0.3) is 5.91 Å². The number of hydrogen-bond acceptors (Lipinski definition) is 5. The van der Waals surface area contributed by atoms with E-state index in [2.05, 4.69) is 11.8 Å². The molecule has 2 aromatic carbocycles. The number of carbonyl (C=O) groups excluding carboxylic acids is 1. The molecule has 0 aliphatic rings. The third-order valence-electron chi connectivity index (χ3n) is 4.99. The van der Waals surface area contributed by atoms with Crippen molar-refractivity contribution in [2.75, 3.05) is 25.0 Å². The molecule has 0 bridgehead atoms. The quantitative estimate of drug-likeness (QED) is 0.427. The third kappa shape index (κ3) is 6.08. The van der Waals surface area contributed by atoms with Crippen LogP contribution in [-0.4, -0.2) is 47.0 Å². The van der Waals surface area contributed by atoms with Gasteiger partial charge in [-0.05, 0) is 30.2 Å². The lowest BCUT2D eigenvalue weighted by molar-refractivity contribution is -0.137. The Bertz CT molecular complexity index is 1070. The smallest absolute Gasteiger partial charge is 0.323 e. The van der Waals surface area contributed by atoms with Crippen LogP contribution in [0.2, 0.25) is 5.02 Å². The number of carboxylic acid groups (broad SMARTS) is 1. The van der Waals surface area contributed by atoms with E-state index in [1.807, 2.05) is 41.8 Å². The highest BCUT2D eigenvalue weighted by atomic mass is 35.5. The molecule has 0 aliphatic heterocycles. The monoisotopic (exact) mass is 471 g/mol. The predicted octanol–water partition coefficient (Wildman–Crippen LogP) is 5.43. The number of amides is 1. The van der Waals surface area contributed by atoms with E-state index in [9.17, 15) is 9.59 Å². The van der Waals surface area contributed by atoms with Gasteiger partial charge in [-0.2, -0.15) is 0 Å². The Morgan fingerprint density at radius 1 is 1.12 bits per heavy atom. The number of aromatic nitrogens is 1. The van der Waals surface area contributed by atoms with Crippen molar-refractivity contribution in [3.05, 3.63) is 70.1 Å². The topological polar surface area (TPSA) is 73.7 Å². The van der Waals surface area contributed by atoms with Gasteiger partial charge in [0.1, 0.15) is 6.54 Å². The Labute approximate surface area is 197 Å². The number of rotatable bonds is 10. The highest BCUT2D eigenvalue weighted by molar-refractivity contribution is 7.14.